The molecule has 0 aromatic heterocycles. The number of benzene rings is 2. The second kappa shape index (κ2) is 8.92. The first-order chi connectivity index (χ1) is 14.5. The highest BCUT2D eigenvalue weighted by atomic mass is 19.1. The fraction of sp³-hybridized carbons (Fsp3) is 0.391. The van der Waals surface area contributed by atoms with Crippen LogP contribution in [-0.2, 0) is 11.2 Å². The van der Waals surface area contributed by atoms with Gasteiger partial charge in [0, 0.05) is 56.0 Å². The first-order valence-electron chi connectivity index (χ1n) is 10.4. The van der Waals surface area contributed by atoms with Crippen LogP contribution in [0.15, 0.2) is 42.5 Å². The molecule has 1 heterocycles. The first kappa shape index (κ1) is 20.5. The van der Waals surface area contributed by atoms with E-state index >= 15 is 0 Å². The number of piperazine rings is 1. The van der Waals surface area contributed by atoms with E-state index in [2.05, 4.69) is 10.2 Å². The molecule has 2 fully saturated rings. The second-order valence-electron chi connectivity index (χ2n) is 8.00. The van der Waals surface area contributed by atoms with E-state index in [-0.39, 0.29) is 11.6 Å². The third kappa shape index (κ3) is 5.21. The van der Waals surface area contributed by atoms with E-state index in [0.29, 0.717) is 11.5 Å². The summed E-state index contributed by atoms with van der Waals surface area (Å²) in [6, 6.07) is 10.2. The summed E-state index contributed by atoms with van der Waals surface area (Å²) >= 11 is 0. The van der Waals surface area contributed by atoms with E-state index in [9.17, 15) is 18.4 Å². The van der Waals surface area contributed by atoms with Crippen LogP contribution in [-0.4, -0.2) is 54.3 Å². The van der Waals surface area contributed by atoms with Gasteiger partial charge in [0.05, 0.1) is 0 Å². The van der Waals surface area contributed by atoms with Crippen molar-refractivity contribution in [3.63, 3.8) is 0 Å². The van der Waals surface area contributed by atoms with Gasteiger partial charge in [-0.1, -0.05) is 12.1 Å². The van der Waals surface area contributed by atoms with Crippen molar-refractivity contribution in [3.8, 4) is 0 Å². The third-order valence-electron chi connectivity index (χ3n) is 5.64. The van der Waals surface area contributed by atoms with Gasteiger partial charge in [-0.05, 0) is 49.1 Å². The third-order valence-corrected chi connectivity index (χ3v) is 5.64. The summed E-state index contributed by atoms with van der Waals surface area (Å²) < 4.78 is 26.6. The molecule has 2 aliphatic rings. The number of hydrogen-bond acceptors (Lipinski definition) is 3. The molecule has 1 aliphatic heterocycles. The van der Waals surface area contributed by atoms with Gasteiger partial charge < -0.3 is 10.2 Å². The van der Waals surface area contributed by atoms with Crippen molar-refractivity contribution in [1.29, 1.82) is 0 Å². The highest BCUT2D eigenvalue weighted by Gasteiger charge is 2.34. The van der Waals surface area contributed by atoms with Gasteiger partial charge >= 0.3 is 0 Å². The minimum atomic E-state index is -0.738. The highest BCUT2D eigenvalue weighted by Crippen LogP contribution is 2.31. The van der Waals surface area contributed by atoms with Crippen LogP contribution in [0.5, 0.6) is 0 Å². The van der Waals surface area contributed by atoms with Crippen molar-refractivity contribution in [1.82, 2.24) is 9.80 Å². The zero-order valence-electron chi connectivity index (χ0n) is 16.7. The molecule has 1 N–H and O–H groups in total. The summed E-state index contributed by atoms with van der Waals surface area (Å²) in [7, 11) is 0. The topological polar surface area (TPSA) is 52.7 Å². The van der Waals surface area contributed by atoms with Crippen LogP contribution in [0.2, 0.25) is 0 Å². The number of carbonyl (C=O) groups is 2. The SMILES string of the molecule is O=C(Nc1cc(F)cc(F)c1)c1cccc(CCN2CCN(C(=O)C3CC3)CC2)c1. The van der Waals surface area contributed by atoms with Crippen LogP contribution in [0, 0.1) is 17.6 Å². The van der Waals surface area contributed by atoms with Crippen molar-refractivity contribution in [3.05, 3.63) is 65.2 Å². The molecule has 0 atom stereocenters. The van der Waals surface area contributed by atoms with Crippen LogP contribution in [0.4, 0.5) is 14.5 Å². The lowest BCUT2D eigenvalue weighted by atomic mass is 10.1. The van der Waals surface area contributed by atoms with Gasteiger partial charge in [0.15, 0.2) is 0 Å². The Hall–Kier alpha value is -2.80. The molecule has 7 heteroatoms. The maximum Gasteiger partial charge on any atom is 0.255 e. The molecule has 1 saturated heterocycles. The first-order valence-corrected chi connectivity index (χ1v) is 10.4. The van der Waals surface area contributed by atoms with Crippen molar-refractivity contribution >= 4 is 17.5 Å². The number of carbonyl (C=O) groups excluding carboxylic acids is 2. The Morgan fingerprint density at radius 1 is 0.967 bits per heavy atom. The quantitative estimate of drug-likeness (QED) is 0.791. The Morgan fingerprint density at radius 2 is 1.67 bits per heavy atom. The van der Waals surface area contributed by atoms with Crippen LogP contribution in [0.1, 0.15) is 28.8 Å². The van der Waals surface area contributed by atoms with E-state index in [1.807, 2.05) is 17.0 Å². The lowest BCUT2D eigenvalue weighted by Gasteiger charge is -2.34. The average molecular weight is 413 g/mol. The molecule has 0 bridgehead atoms. The maximum atomic E-state index is 13.3. The average Bonchev–Trinajstić information content (AvgIpc) is 3.57. The summed E-state index contributed by atoms with van der Waals surface area (Å²) in [4.78, 5) is 28.9. The number of nitrogens with one attached hydrogen (secondary N) is 1. The molecule has 158 valence electrons. The molecule has 1 saturated carbocycles. The van der Waals surface area contributed by atoms with E-state index in [1.54, 1.807) is 12.1 Å². The van der Waals surface area contributed by atoms with Crippen molar-refractivity contribution in [2.75, 3.05) is 38.0 Å². The van der Waals surface area contributed by atoms with Crippen LogP contribution in [0.25, 0.3) is 0 Å². The molecule has 4 rings (SSSR count). The predicted molar refractivity (Wildman–Crippen MR) is 110 cm³/mol. The molecule has 5 nitrogen and oxygen atoms in total. The summed E-state index contributed by atoms with van der Waals surface area (Å²) in [5.74, 6) is -1.30. The molecule has 2 aromatic carbocycles. The summed E-state index contributed by atoms with van der Waals surface area (Å²) in [5, 5.41) is 2.54. The molecule has 2 amide bonds. The zero-order valence-corrected chi connectivity index (χ0v) is 16.7. The Labute approximate surface area is 174 Å². The minimum Gasteiger partial charge on any atom is -0.340 e. The Morgan fingerprint density at radius 3 is 2.33 bits per heavy atom. The molecule has 0 radical (unpaired) electrons. The van der Waals surface area contributed by atoms with Gasteiger partial charge in [-0.3, -0.25) is 14.5 Å². The molecular weight excluding hydrogens is 388 g/mol. The monoisotopic (exact) mass is 413 g/mol. The second-order valence-corrected chi connectivity index (χ2v) is 8.00. The van der Waals surface area contributed by atoms with E-state index in [0.717, 1.165) is 75.7 Å². The van der Waals surface area contributed by atoms with Gasteiger partial charge in [-0.2, -0.15) is 0 Å². The van der Waals surface area contributed by atoms with Gasteiger partial charge in [0.25, 0.3) is 5.91 Å². The lowest BCUT2D eigenvalue weighted by Crippen LogP contribution is -2.49. The summed E-state index contributed by atoms with van der Waals surface area (Å²) in [6.07, 6.45) is 2.86. The number of hydrogen-bond donors (Lipinski definition) is 1. The van der Waals surface area contributed by atoms with Gasteiger partial charge in [-0.25, -0.2) is 8.78 Å². The fourth-order valence-corrected chi connectivity index (χ4v) is 3.76. The number of amides is 2. The maximum absolute atomic E-state index is 13.3. The molecule has 0 unspecified atom stereocenters. The Balaban J connectivity index is 1.29. The molecular formula is C23H25F2N3O2. The minimum absolute atomic E-state index is 0.0847. The summed E-state index contributed by atoms with van der Waals surface area (Å²) in [5.41, 5.74) is 1.54. The predicted octanol–water partition coefficient (Wildman–Crippen LogP) is 3.31. The lowest BCUT2D eigenvalue weighted by molar-refractivity contribution is -0.134. The fourth-order valence-electron chi connectivity index (χ4n) is 3.76. The van der Waals surface area contributed by atoms with Crippen LogP contribution < -0.4 is 5.32 Å². The molecule has 0 spiro atoms. The summed E-state index contributed by atoms with van der Waals surface area (Å²) in [6.45, 7) is 4.14. The van der Waals surface area contributed by atoms with Gasteiger partial charge in [0.2, 0.25) is 5.91 Å². The molecule has 1 aliphatic carbocycles. The number of nitrogens with zero attached hydrogens (tertiary/aromatic N) is 2. The van der Waals surface area contributed by atoms with E-state index < -0.39 is 17.5 Å². The smallest absolute Gasteiger partial charge is 0.255 e. The standard InChI is InChI=1S/C23H25F2N3O2/c24-19-13-20(25)15-21(14-19)26-22(29)18-3-1-2-16(12-18)6-7-27-8-10-28(11-9-27)23(30)17-4-5-17/h1-3,12-15,17H,4-11H2,(H,26,29). The zero-order chi connectivity index (χ0) is 21.1. The Kier molecular flexibility index (Phi) is 6.08. The van der Waals surface area contributed by atoms with Crippen molar-refractivity contribution in [2.24, 2.45) is 5.92 Å². The van der Waals surface area contributed by atoms with Gasteiger partial charge in [-0.15, -0.1) is 0 Å². The van der Waals surface area contributed by atoms with E-state index in [4.69, 9.17) is 0 Å². The largest absolute Gasteiger partial charge is 0.340 e. The number of halogens is 2. The number of rotatable bonds is 6. The Bertz CT molecular complexity index is 918. The molecule has 2 aromatic rings. The number of anilines is 1. The van der Waals surface area contributed by atoms with Crippen molar-refractivity contribution in [2.45, 2.75) is 19.3 Å². The highest BCUT2D eigenvalue weighted by molar-refractivity contribution is 6.04. The van der Waals surface area contributed by atoms with Gasteiger partial charge in [0.1, 0.15) is 11.6 Å². The normalized spacial score (nSPS) is 17.1. The molecule has 30 heavy (non-hydrogen) atoms. The van der Waals surface area contributed by atoms with E-state index in [1.165, 1.54) is 0 Å². The van der Waals surface area contributed by atoms with Crippen molar-refractivity contribution < 1.29 is 18.4 Å². The van der Waals surface area contributed by atoms with Crippen LogP contribution in [0.3, 0.4) is 0 Å². The van der Waals surface area contributed by atoms with Crippen LogP contribution >= 0.6 is 0 Å².